The number of carbonyl (C=O) groups excluding carboxylic acids is 1. The molecule has 0 aromatic heterocycles. The van der Waals surface area contributed by atoms with Crippen LogP contribution in [0.2, 0.25) is 0 Å². The van der Waals surface area contributed by atoms with Crippen molar-refractivity contribution in [2.24, 2.45) is 0 Å². The predicted molar refractivity (Wildman–Crippen MR) is 55.3 cm³/mol. The molecule has 0 bridgehead atoms. The summed E-state index contributed by atoms with van der Waals surface area (Å²) >= 11 is 0. The predicted octanol–water partition coefficient (Wildman–Crippen LogP) is 2.37. The lowest BCUT2D eigenvalue weighted by atomic mass is 9.95. The summed E-state index contributed by atoms with van der Waals surface area (Å²) in [6, 6.07) is 3.54. The average molecular weight is 205 g/mol. The molecule has 2 nitrogen and oxygen atoms in total. The van der Waals surface area contributed by atoms with E-state index in [1.165, 1.54) is 0 Å². The standard InChI is InChI=1S/C12H12FNO/c1-12(2-3-12)8-4-7-5-10(15)14-11(7)9(13)6-8/h4,6H,2-3,5H2,1H3,(H,14,15). The number of carbonyl (C=O) groups is 1. The molecular weight excluding hydrogens is 193 g/mol. The fourth-order valence-electron chi connectivity index (χ4n) is 2.12. The van der Waals surface area contributed by atoms with Gasteiger partial charge in [-0.05, 0) is 35.4 Å². The molecule has 1 aromatic carbocycles. The zero-order chi connectivity index (χ0) is 10.6. The van der Waals surface area contributed by atoms with Crippen LogP contribution in [0.4, 0.5) is 10.1 Å². The lowest BCUT2D eigenvalue weighted by molar-refractivity contribution is -0.115. The molecule has 1 saturated carbocycles. The Hall–Kier alpha value is -1.38. The molecule has 3 heteroatoms. The number of rotatable bonds is 1. The van der Waals surface area contributed by atoms with Crippen LogP contribution >= 0.6 is 0 Å². The molecule has 78 valence electrons. The van der Waals surface area contributed by atoms with Gasteiger partial charge in [0, 0.05) is 0 Å². The highest BCUT2D eigenvalue weighted by molar-refractivity contribution is 5.99. The van der Waals surface area contributed by atoms with Crippen LogP contribution in [0.3, 0.4) is 0 Å². The van der Waals surface area contributed by atoms with E-state index in [4.69, 9.17) is 0 Å². The fraction of sp³-hybridized carbons (Fsp3) is 0.417. The number of nitrogens with one attached hydrogen (secondary N) is 1. The first-order valence-corrected chi connectivity index (χ1v) is 5.21. The SMILES string of the molecule is CC1(c2cc(F)c3c(c2)CC(=O)N3)CC1. The molecule has 0 spiro atoms. The average Bonchev–Trinajstić information content (AvgIpc) is 2.79. The molecule has 2 aliphatic rings. The summed E-state index contributed by atoms with van der Waals surface area (Å²) in [5.74, 6) is -0.400. The maximum atomic E-state index is 13.7. The zero-order valence-corrected chi connectivity index (χ0v) is 8.56. The Morgan fingerprint density at radius 1 is 1.40 bits per heavy atom. The van der Waals surface area contributed by atoms with Crippen LogP contribution in [-0.2, 0) is 16.6 Å². The summed E-state index contributed by atoms with van der Waals surface area (Å²) in [6.07, 6.45) is 2.55. The van der Waals surface area contributed by atoms with Gasteiger partial charge in [0.2, 0.25) is 5.91 Å². The second-order valence-corrected chi connectivity index (χ2v) is 4.78. The first-order chi connectivity index (χ1) is 7.08. The van der Waals surface area contributed by atoms with Crippen LogP contribution in [0.25, 0.3) is 0 Å². The largest absolute Gasteiger partial charge is 0.323 e. The van der Waals surface area contributed by atoms with Gasteiger partial charge in [0.15, 0.2) is 0 Å². The summed E-state index contributed by atoms with van der Waals surface area (Å²) in [4.78, 5) is 11.2. The Kier molecular flexibility index (Phi) is 1.54. The maximum Gasteiger partial charge on any atom is 0.228 e. The highest BCUT2D eigenvalue weighted by Gasteiger charge is 2.40. The molecule has 0 saturated heterocycles. The summed E-state index contributed by atoms with van der Waals surface area (Å²) < 4.78 is 13.7. The van der Waals surface area contributed by atoms with E-state index in [0.29, 0.717) is 12.1 Å². The van der Waals surface area contributed by atoms with E-state index in [2.05, 4.69) is 12.2 Å². The highest BCUT2D eigenvalue weighted by atomic mass is 19.1. The maximum absolute atomic E-state index is 13.7. The third kappa shape index (κ3) is 1.26. The first-order valence-electron chi connectivity index (χ1n) is 5.21. The molecule has 1 aliphatic heterocycles. The van der Waals surface area contributed by atoms with Gasteiger partial charge in [-0.3, -0.25) is 4.79 Å². The molecule has 0 radical (unpaired) electrons. The van der Waals surface area contributed by atoms with Gasteiger partial charge in [0.1, 0.15) is 5.82 Å². The second kappa shape index (κ2) is 2.60. The van der Waals surface area contributed by atoms with Crippen molar-refractivity contribution in [1.82, 2.24) is 0 Å². The van der Waals surface area contributed by atoms with Gasteiger partial charge in [-0.1, -0.05) is 13.0 Å². The van der Waals surface area contributed by atoms with E-state index < -0.39 is 0 Å². The minimum atomic E-state index is -0.290. The van der Waals surface area contributed by atoms with E-state index in [1.54, 1.807) is 6.07 Å². The summed E-state index contributed by atoms with van der Waals surface area (Å²) in [5.41, 5.74) is 2.38. The van der Waals surface area contributed by atoms with Crippen LogP contribution in [-0.4, -0.2) is 5.91 Å². The Morgan fingerprint density at radius 2 is 2.13 bits per heavy atom. The van der Waals surface area contributed by atoms with Gasteiger partial charge in [-0.2, -0.15) is 0 Å². The van der Waals surface area contributed by atoms with Crippen LogP contribution in [0.1, 0.15) is 30.9 Å². The number of hydrogen-bond donors (Lipinski definition) is 1. The molecule has 1 aromatic rings. The molecule has 1 fully saturated rings. The quantitative estimate of drug-likeness (QED) is 0.749. The van der Waals surface area contributed by atoms with E-state index >= 15 is 0 Å². The van der Waals surface area contributed by atoms with Crippen molar-refractivity contribution in [2.75, 3.05) is 5.32 Å². The van der Waals surface area contributed by atoms with E-state index in [1.807, 2.05) is 6.07 Å². The summed E-state index contributed by atoms with van der Waals surface area (Å²) in [6.45, 7) is 2.14. The molecule has 1 heterocycles. The molecule has 3 rings (SSSR count). The fourth-order valence-corrected chi connectivity index (χ4v) is 2.12. The van der Waals surface area contributed by atoms with Gasteiger partial charge >= 0.3 is 0 Å². The van der Waals surface area contributed by atoms with Crippen LogP contribution in [0, 0.1) is 5.82 Å². The number of hydrogen-bond acceptors (Lipinski definition) is 1. The smallest absolute Gasteiger partial charge is 0.228 e. The Balaban J connectivity index is 2.11. The van der Waals surface area contributed by atoms with Crippen molar-refractivity contribution in [2.45, 2.75) is 31.6 Å². The van der Waals surface area contributed by atoms with Crippen molar-refractivity contribution in [3.63, 3.8) is 0 Å². The van der Waals surface area contributed by atoms with E-state index in [9.17, 15) is 9.18 Å². The first kappa shape index (κ1) is 8.89. The zero-order valence-electron chi connectivity index (χ0n) is 8.56. The Labute approximate surface area is 87.5 Å². The third-order valence-electron chi connectivity index (χ3n) is 3.48. The molecule has 0 unspecified atom stereocenters. The molecule has 1 aliphatic carbocycles. The third-order valence-corrected chi connectivity index (χ3v) is 3.48. The minimum Gasteiger partial charge on any atom is -0.323 e. The van der Waals surface area contributed by atoms with Gasteiger partial charge in [-0.15, -0.1) is 0 Å². The van der Waals surface area contributed by atoms with Crippen molar-refractivity contribution in [3.05, 3.63) is 29.1 Å². The summed E-state index contributed by atoms with van der Waals surface area (Å²) in [5, 5.41) is 2.55. The van der Waals surface area contributed by atoms with Gasteiger partial charge in [0.05, 0.1) is 12.1 Å². The van der Waals surface area contributed by atoms with Gasteiger partial charge < -0.3 is 5.32 Å². The van der Waals surface area contributed by atoms with E-state index in [0.717, 1.165) is 24.0 Å². The molecule has 0 atom stereocenters. The van der Waals surface area contributed by atoms with Crippen LogP contribution in [0.15, 0.2) is 12.1 Å². The minimum absolute atomic E-state index is 0.109. The number of fused-ring (bicyclic) bond motifs is 1. The molecule has 1 amide bonds. The monoisotopic (exact) mass is 205 g/mol. The van der Waals surface area contributed by atoms with Crippen molar-refractivity contribution in [1.29, 1.82) is 0 Å². The second-order valence-electron chi connectivity index (χ2n) is 4.78. The van der Waals surface area contributed by atoms with Crippen molar-refractivity contribution in [3.8, 4) is 0 Å². The number of benzene rings is 1. The van der Waals surface area contributed by atoms with Gasteiger partial charge in [0.25, 0.3) is 0 Å². The number of halogens is 1. The van der Waals surface area contributed by atoms with Crippen molar-refractivity contribution < 1.29 is 9.18 Å². The lowest BCUT2D eigenvalue weighted by Crippen LogP contribution is -2.04. The van der Waals surface area contributed by atoms with Crippen molar-refractivity contribution >= 4 is 11.6 Å². The topological polar surface area (TPSA) is 29.1 Å². The summed E-state index contributed by atoms with van der Waals surface area (Å²) in [7, 11) is 0. The lowest BCUT2D eigenvalue weighted by Gasteiger charge is -2.11. The molecule has 15 heavy (non-hydrogen) atoms. The van der Waals surface area contributed by atoms with Gasteiger partial charge in [-0.25, -0.2) is 4.39 Å². The number of anilines is 1. The highest BCUT2D eigenvalue weighted by Crippen LogP contribution is 2.48. The van der Waals surface area contributed by atoms with Crippen LogP contribution in [0.5, 0.6) is 0 Å². The Morgan fingerprint density at radius 3 is 2.80 bits per heavy atom. The Bertz CT molecular complexity index is 463. The molecular formula is C12H12FNO. The molecule has 1 N–H and O–H groups in total. The van der Waals surface area contributed by atoms with E-state index in [-0.39, 0.29) is 17.1 Å². The van der Waals surface area contributed by atoms with Crippen LogP contribution < -0.4 is 5.32 Å². The normalized spacial score (nSPS) is 21.1. The number of amides is 1.